The van der Waals surface area contributed by atoms with Gasteiger partial charge >= 0.3 is 12.1 Å². The van der Waals surface area contributed by atoms with Gasteiger partial charge in [0, 0.05) is 12.3 Å². The number of amides is 1. The molecule has 0 spiro atoms. The van der Waals surface area contributed by atoms with E-state index in [0.717, 1.165) is 35.1 Å². The molecule has 0 saturated carbocycles. The molecule has 6 nitrogen and oxygen atoms in total. The molecule has 1 aliphatic rings. The molecule has 1 N–H and O–H groups in total. The Kier molecular flexibility index (Phi) is 9.18. The van der Waals surface area contributed by atoms with Crippen molar-refractivity contribution in [2.75, 3.05) is 6.61 Å². The van der Waals surface area contributed by atoms with Crippen LogP contribution in [0, 0.1) is 0 Å². The summed E-state index contributed by atoms with van der Waals surface area (Å²) in [6.07, 6.45) is 1.65. The van der Waals surface area contributed by atoms with Crippen LogP contribution in [0.1, 0.15) is 69.1 Å². The van der Waals surface area contributed by atoms with Crippen molar-refractivity contribution >= 4 is 17.8 Å². The fourth-order valence-electron chi connectivity index (χ4n) is 5.02. The van der Waals surface area contributed by atoms with Crippen LogP contribution >= 0.6 is 0 Å². The summed E-state index contributed by atoms with van der Waals surface area (Å²) in [6.45, 7) is 5.43. The van der Waals surface area contributed by atoms with Gasteiger partial charge in [0.15, 0.2) is 5.78 Å². The number of ether oxygens (including phenoxy) is 2. The molecule has 0 aromatic heterocycles. The second-order valence-electron chi connectivity index (χ2n) is 11.0. The number of alkyl carbamates (subject to hydrolysis) is 1. The van der Waals surface area contributed by atoms with Gasteiger partial charge in [-0.15, -0.1) is 0 Å². The fraction of sp³-hybridized carbons (Fsp3) is 0.364. The molecule has 0 aliphatic heterocycles. The van der Waals surface area contributed by atoms with Crippen LogP contribution in [0.15, 0.2) is 78.9 Å². The first-order valence-electron chi connectivity index (χ1n) is 13.6. The van der Waals surface area contributed by atoms with Gasteiger partial charge in [0.05, 0.1) is 6.42 Å². The summed E-state index contributed by atoms with van der Waals surface area (Å²) in [6, 6.07) is 25.3. The van der Waals surface area contributed by atoms with Crippen molar-refractivity contribution in [2.45, 2.75) is 70.4 Å². The lowest BCUT2D eigenvalue weighted by Crippen LogP contribution is -2.43. The predicted molar refractivity (Wildman–Crippen MR) is 151 cm³/mol. The third-order valence-corrected chi connectivity index (χ3v) is 6.80. The molecule has 0 saturated heterocycles. The van der Waals surface area contributed by atoms with Crippen molar-refractivity contribution in [3.8, 4) is 11.1 Å². The van der Waals surface area contributed by atoms with Crippen molar-refractivity contribution < 1.29 is 23.9 Å². The van der Waals surface area contributed by atoms with Crippen molar-refractivity contribution in [1.82, 2.24) is 5.32 Å². The first kappa shape index (κ1) is 28.1. The number of carbonyl (C=O) groups is 3. The number of nitrogens with one attached hydrogen (secondary N) is 1. The number of hydrogen-bond donors (Lipinski definition) is 1. The van der Waals surface area contributed by atoms with Crippen LogP contribution < -0.4 is 5.32 Å². The fourth-order valence-corrected chi connectivity index (χ4v) is 5.02. The molecule has 3 aromatic rings. The number of hydrogen-bond acceptors (Lipinski definition) is 5. The van der Waals surface area contributed by atoms with E-state index in [1.54, 1.807) is 20.8 Å². The van der Waals surface area contributed by atoms with Crippen LogP contribution in [0.3, 0.4) is 0 Å². The minimum absolute atomic E-state index is 0.0962. The molecule has 6 heteroatoms. The molecule has 1 aliphatic carbocycles. The molecule has 0 unspecified atom stereocenters. The van der Waals surface area contributed by atoms with E-state index >= 15 is 0 Å². The number of fused-ring (bicyclic) bond motifs is 3. The predicted octanol–water partition coefficient (Wildman–Crippen LogP) is 6.61. The maximum absolute atomic E-state index is 13.1. The standard InChI is InChI=1S/C33H37NO5/c1-33(2,3)39-31(36)21-29(30(35)20-12-7-15-23-13-5-4-6-14-23)34-32(37)38-22-28-26-18-10-8-16-24(26)25-17-9-11-19-27(25)28/h4-6,8-11,13-14,16-19,28-29H,7,12,15,20-22H2,1-3H3,(H,34,37)/t29-/m0/s1. The van der Waals surface area contributed by atoms with Gasteiger partial charge < -0.3 is 14.8 Å². The molecule has 0 fully saturated rings. The van der Waals surface area contributed by atoms with Crippen molar-refractivity contribution in [3.63, 3.8) is 0 Å². The van der Waals surface area contributed by atoms with E-state index in [2.05, 4.69) is 29.6 Å². The number of ketones is 1. The van der Waals surface area contributed by atoms with Crippen LogP contribution in [-0.4, -0.2) is 36.1 Å². The zero-order valence-corrected chi connectivity index (χ0v) is 22.9. The number of aryl methyl sites for hydroxylation is 1. The van der Waals surface area contributed by atoms with Crippen molar-refractivity contribution in [2.24, 2.45) is 0 Å². The topological polar surface area (TPSA) is 81.7 Å². The largest absolute Gasteiger partial charge is 0.460 e. The average Bonchev–Trinajstić information content (AvgIpc) is 3.22. The Morgan fingerprint density at radius 1 is 0.821 bits per heavy atom. The Morgan fingerprint density at radius 2 is 1.41 bits per heavy atom. The highest BCUT2D eigenvalue weighted by atomic mass is 16.6. The van der Waals surface area contributed by atoms with Crippen molar-refractivity contribution in [3.05, 3.63) is 95.6 Å². The zero-order valence-electron chi connectivity index (χ0n) is 22.9. The lowest BCUT2D eigenvalue weighted by Gasteiger charge is -2.22. The molecular weight excluding hydrogens is 490 g/mol. The molecular formula is C33H37NO5. The molecule has 0 bridgehead atoms. The van der Waals surface area contributed by atoms with Gasteiger partial charge in [0.25, 0.3) is 0 Å². The van der Waals surface area contributed by atoms with Gasteiger partial charge in [-0.3, -0.25) is 9.59 Å². The smallest absolute Gasteiger partial charge is 0.407 e. The second kappa shape index (κ2) is 12.7. The van der Waals surface area contributed by atoms with E-state index < -0.39 is 23.7 Å². The third kappa shape index (κ3) is 7.79. The number of unbranched alkanes of at least 4 members (excludes halogenated alkanes) is 1. The first-order valence-corrected chi connectivity index (χ1v) is 13.6. The lowest BCUT2D eigenvalue weighted by molar-refractivity contribution is -0.156. The van der Waals surface area contributed by atoms with Gasteiger partial charge in [0.2, 0.25) is 0 Å². The second-order valence-corrected chi connectivity index (χ2v) is 11.0. The quantitative estimate of drug-likeness (QED) is 0.224. The number of rotatable bonds is 11. The highest BCUT2D eigenvalue weighted by Gasteiger charge is 2.31. The maximum Gasteiger partial charge on any atom is 0.407 e. The third-order valence-electron chi connectivity index (χ3n) is 6.80. The molecule has 3 aromatic carbocycles. The summed E-state index contributed by atoms with van der Waals surface area (Å²) in [5, 5.41) is 2.65. The SMILES string of the molecule is CC(C)(C)OC(=O)C[C@H](NC(=O)OCC1c2ccccc2-c2ccccc21)C(=O)CCCCc1ccccc1. The number of carbonyl (C=O) groups excluding carboxylic acids is 3. The maximum atomic E-state index is 13.1. The van der Waals surface area contributed by atoms with Gasteiger partial charge in [-0.05, 0) is 67.9 Å². The Labute approximate surface area is 230 Å². The Morgan fingerprint density at radius 3 is 2.03 bits per heavy atom. The van der Waals surface area contributed by atoms with Gasteiger partial charge in [-0.1, -0.05) is 78.9 Å². The Hall–Kier alpha value is -3.93. The van der Waals surface area contributed by atoms with Crippen LogP contribution in [-0.2, 0) is 25.5 Å². The summed E-state index contributed by atoms with van der Waals surface area (Å²) in [7, 11) is 0. The summed E-state index contributed by atoms with van der Waals surface area (Å²) >= 11 is 0. The number of esters is 1. The number of benzene rings is 3. The van der Waals surface area contributed by atoms with Crippen LogP contribution in [0.4, 0.5) is 4.79 Å². The molecule has 1 amide bonds. The summed E-state index contributed by atoms with van der Waals surface area (Å²) in [5.41, 5.74) is 5.00. The summed E-state index contributed by atoms with van der Waals surface area (Å²) in [4.78, 5) is 38.5. The normalized spacial score (nSPS) is 13.2. The average molecular weight is 528 g/mol. The Balaban J connectivity index is 1.36. The minimum Gasteiger partial charge on any atom is -0.460 e. The number of Topliss-reactive ketones (excluding diaryl/α,β-unsaturated/α-hetero) is 1. The molecule has 204 valence electrons. The van der Waals surface area contributed by atoms with Crippen LogP contribution in [0.2, 0.25) is 0 Å². The van der Waals surface area contributed by atoms with E-state index in [9.17, 15) is 14.4 Å². The van der Waals surface area contributed by atoms with Gasteiger partial charge in [0.1, 0.15) is 18.2 Å². The molecule has 0 radical (unpaired) electrons. The van der Waals surface area contributed by atoms with Crippen LogP contribution in [0.25, 0.3) is 11.1 Å². The molecule has 39 heavy (non-hydrogen) atoms. The van der Waals surface area contributed by atoms with E-state index in [4.69, 9.17) is 9.47 Å². The lowest BCUT2D eigenvalue weighted by atomic mass is 9.98. The van der Waals surface area contributed by atoms with Crippen molar-refractivity contribution in [1.29, 1.82) is 0 Å². The van der Waals surface area contributed by atoms with E-state index in [1.165, 1.54) is 5.56 Å². The molecule has 1 atom stereocenters. The van der Waals surface area contributed by atoms with E-state index in [0.29, 0.717) is 6.42 Å². The van der Waals surface area contributed by atoms with E-state index in [1.807, 2.05) is 54.6 Å². The first-order chi connectivity index (χ1) is 18.7. The monoisotopic (exact) mass is 527 g/mol. The van der Waals surface area contributed by atoms with Gasteiger partial charge in [-0.25, -0.2) is 4.79 Å². The highest BCUT2D eigenvalue weighted by molar-refractivity contribution is 5.91. The van der Waals surface area contributed by atoms with E-state index in [-0.39, 0.29) is 31.1 Å². The van der Waals surface area contributed by atoms with Crippen LogP contribution in [0.5, 0.6) is 0 Å². The molecule has 4 rings (SSSR count). The zero-order chi connectivity index (χ0) is 27.8. The van der Waals surface area contributed by atoms with Gasteiger partial charge in [-0.2, -0.15) is 0 Å². The summed E-state index contributed by atoms with van der Waals surface area (Å²) < 4.78 is 11.1. The Bertz CT molecular complexity index is 1250. The summed E-state index contributed by atoms with van der Waals surface area (Å²) in [5.74, 6) is -0.840. The molecule has 0 heterocycles. The minimum atomic E-state index is -1.01. The highest BCUT2D eigenvalue weighted by Crippen LogP contribution is 2.44.